The summed E-state index contributed by atoms with van der Waals surface area (Å²) < 4.78 is 24.8. The highest BCUT2D eigenvalue weighted by molar-refractivity contribution is 5.94. The van der Waals surface area contributed by atoms with E-state index in [9.17, 15) is 9.18 Å². The molecule has 0 spiro atoms. The molecule has 2 aromatic rings. The van der Waals surface area contributed by atoms with Crippen LogP contribution in [0.5, 0.6) is 11.5 Å². The second kappa shape index (κ2) is 6.39. The van der Waals surface area contributed by atoms with Crippen molar-refractivity contribution in [3.05, 3.63) is 58.9 Å². The molecule has 1 aliphatic rings. The lowest BCUT2D eigenvalue weighted by molar-refractivity contribution is 0.0619. The fourth-order valence-corrected chi connectivity index (χ4v) is 3.14. The van der Waals surface area contributed by atoms with Gasteiger partial charge in [0.15, 0.2) is 11.6 Å². The number of ether oxygens (including phenoxy) is 2. The number of carbonyl (C=O) groups is 1. The van der Waals surface area contributed by atoms with E-state index < -0.39 is 11.4 Å². The lowest BCUT2D eigenvalue weighted by atomic mass is 9.89. The minimum absolute atomic E-state index is 0.115. The smallest absolute Gasteiger partial charge is 0.251 e. The molecule has 0 saturated carbocycles. The first-order chi connectivity index (χ1) is 11.8. The van der Waals surface area contributed by atoms with E-state index in [-0.39, 0.29) is 23.3 Å². The standard InChI is InChI=1S/C20H22FNO3/c1-12-5-7-14-16(11-20(2,3)25-18(14)9-12)22-19(23)13-6-8-17(24-4)15(21)10-13/h5-10,16H,11H2,1-4H3,(H,22,23)/t16-/m1/s1. The molecule has 0 unspecified atom stereocenters. The van der Waals surface area contributed by atoms with Crippen LogP contribution >= 0.6 is 0 Å². The van der Waals surface area contributed by atoms with Crippen LogP contribution in [-0.4, -0.2) is 18.6 Å². The van der Waals surface area contributed by atoms with Crippen LogP contribution in [0.15, 0.2) is 36.4 Å². The fraction of sp³-hybridized carbons (Fsp3) is 0.350. The number of rotatable bonds is 3. The number of halogens is 1. The number of methoxy groups -OCH3 is 1. The first-order valence-electron chi connectivity index (χ1n) is 8.23. The summed E-state index contributed by atoms with van der Waals surface area (Å²) in [6, 6.07) is 9.94. The molecular formula is C20H22FNO3. The van der Waals surface area contributed by atoms with E-state index >= 15 is 0 Å². The molecule has 4 nitrogen and oxygen atoms in total. The van der Waals surface area contributed by atoms with Gasteiger partial charge in [-0.3, -0.25) is 4.79 Å². The average Bonchev–Trinajstić information content (AvgIpc) is 2.53. The summed E-state index contributed by atoms with van der Waals surface area (Å²) in [5, 5.41) is 3.00. The molecule has 0 radical (unpaired) electrons. The SMILES string of the molecule is COc1ccc(C(=O)N[C@@H]2CC(C)(C)Oc3cc(C)ccc32)cc1F. The molecule has 0 fully saturated rings. The molecule has 1 amide bonds. The summed E-state index contributed by atoms with van der Waals surface area (Å²) in [5.41, 5.74) is 1.89. The van der Waals surface area contributed by atoms with E-state index in [0.717, 1.165) is 16.9 Å². The van der Waals surface area contributed by atoms with Crippen molar-refractivity contribution < 1.29 is 18.7 Å². The summed E-state index contributed by atoms with van der Waals surface area (Å²) in [4.78, 5) is 12.6. The highest BCUT2D eigenvalue weighted by Gasteiger charge is 2.34. The first kappa shape index (κ1) is 17.3. The van der Waals surface area contributed by atoms with Gasteiger partial charge in [0, 0.05) is 17.5 Å². The third kappa shape index (κ3) is 3.60. The van der Waals surface area contributed by atoms with Crippen molar-refractivity contribution in [2.45, 2.75) is 38.8 Å². The van der Waals surface area contributed by atoms with Crippen molar-refractivity contribution in [1.29, 1.82) is 0 Å². The molecule has 5 heteroatoms. The van der Waals surface area contributed by atoms with Gasteiger partial charge in [-0.25, -0.2) is 4.39 Å². The van der Waals surface area contributed by atoms with Crippen LogP contribution < -0.4 is 14.8 Å². The Morgan fingerprint density at radius 2 is 2.04 bits per heavy atom. The molecule has 0 saturated heterocycles. The minimum atomic E-state index is -0.557. The molecule has 1 atom stereocenters. The van der Waals surface area contributed by atoms with E-state index in [0.29, 0.717) is 6.42 Å². The zero-order valence-electron chi connectivity index (χ0n) is 14.9. The molecule has 3 rings (SSSR count). The molecule has 0 aliphatic carbocycles. The van der Waals surface area contributed by atoms with Gasteiger partial charge in [-0.1, -0.05) is 12.1 Å². The number of benzene rings is 2. The molecular weight excluding hydrogens is 321 g/mol. The van der Waals surface area contributed by atoms with Crippen molar-refractivity contribution in [2.24, 2.45) is 0 Å². The molecule has 1 heterocycles. The van der Waals surface area contributed by atoms with Gasteiger partial charge >= 0.3 is 0 Å². The predicted octanol–water partition coefficient (Wildman–Crippen LogP) is 4.17. The van der Waals surface area contributed by atoms with E-state index in [2.05, 4.69) is 5.32 Å². The van der Waals surface area contributed by atoms with Gasteiger partial charge in [-0.15, -0.1) is 0 Å². The van der Waals surface area contributed by atoms with Gasteiger partial charge in [0.1, 0.15) is 11.4 Å². The molecule has 1 N–H and O–H groups in total. The largest absolute Gasteiger partial charge is 0.494 e. The number of amides is 1. The Kier molecular flexibility index (Phi) is 4.41. The summed E-state index contributed by atoms with van der Waals surface area (Å²) in [6.07, 6.45) is 0.632. The van der Waals surface area contributed by atoms with E-state index in [1.165, 1.54) is 19.2 Å². The number of hydrogen-bond acceptors (Lipinski definition) is 3. The Labute approximate surface area is 147 Å². The normalized spacial score (nSPS) is 18.0. The van der Waals surface area contributed by atoms with Gasteiger partial charge in [0.05, 0.1) is 13.2 Å². The Balaban J connectivity index is 1.87. The number of aryl methyl sites for hydroxylation is 1. The van der Waals surface area contributed by atoms with Crippen LogP contribution in [-0.2, 0) is 0 Å². The third-order valence-corrected chi connectivity index (χ3v) is 4.35. The van der Waals surface area contributed by atoms with Crippen molar-refractivity contribution in [3.8, 4) is 11.5 Å². The summed E-state index contributed by atoms with van der Waals surface area (Å²) >= 11 is 0. The Morgan fingerprint density at radius 1 is 1.28 bits per heavy atom. The quantitative estimate of drug-likeness (QED) is 0.910. The fourth-order valence-electron chi connectivity index (χ4n) is 3.14. The predicted molar refractivity (Wildman–Crippen MR) is 93.7 cm³/mol. The van der Waals surface area contributed by atoms with Crippen molar-refractivity contribution in [3.63, 3.8) is 0 Å². The van der Waals surface area contributed by atoms with Gasteiger partial charge in [0.25, 0.3) is 5.91 Å². The molecule has 1 aliphatic heterocycles. The maximum Gasteiger partial charge on any atom is 0.251 e. The van der Waals surface area contributed by atoms with E-state index in [4.69, 9.17) is 9.47 Å². The second-order valence-electron chi connectivity index (χ2n) is 6.98. The number of carbonyl (C=O) groups excluding carboxylic acids is 1. The zero-order chi connectivity index (χ0) is 18.2. The summed E-state index contributed by atoms with van der Waals surface area (Å²) in [5.74, 6) is 0.0151. The van der Waals surface area contributed by atoms with Crippen LogP contribution in [0.3, 0.4) is 0 Å². The van der Waals surface area contributed by atoms with Crippen LogP contribution in [0.2, 0.25) is 0 Å². The van der Waals surface area contributed by atoms with Crippen LogP contribution in [0.4, 0.5) is 4.39 Å². The zero-order valence-corrected chi connectivity index (χ0v) is 14.9. The Hall–Kier alpha value is -2.56. The van der Waals surface area contributed by atoms with Gasteiger partial charge in [-0.2, -0.15) is 0 Å². The second-order valence-corrected chi connectivity index (χ2v) is 6.98. The molecule has 0 aromatic heterocycles. The van der Waals surface area contributed by atoms with E-state index in [1.54, 1.807) is 6.07 Å². The van der Waals surface area contributed by atoms with Gasteiger partial charge < -0.3 is 14.8 Å². The first-order valence-corrected chi connectivity index (χ1v) is 8.23. The lowest BCUT2D eigenvalue weighted by Gasteiger charge is -2.38. The molecule has 132 valence electrons. The van der Waals surface area contributed by atoms with Gasteiger partial charge in [0.2, 0.25) is 0 Å². The van der Waals surface area contributed by atoms with E-state index in [1.807, 2.05) is 39.0 Å². The third-order valence-electron chi connectivity index (χ3n) is 4.35. The van der Waals surface area contributed by atoms with Crippen LogP contribution in [0.25, 0.3) is 0 Å². The maximum atomic E-state index is 13.9. The monoisotopic (exact) mass is 343 g/mol. The Bertz CT molecular complexity index is 817. The Morgan fingerprint density at radius 3 is 2.72 bits per heavy atom. The molecule has 2 aromatic carbocycles. The molecule has 25 heavy (non-hydrogen) atoms. The molecule has 0 bridgehead atoms. The van der Waals surface area contributed by atoms with Gasteiger partial charge in [-0.05, 0) is 50.6 Å². The summed E-state index contributed by atoms with van der Waals surface area (Å²) in [6.45, 7) is 5.98. The van der Waals surface area contributed by atoms with Crippen molar-refractivity contribution >= 4 is 5.91 Å². The minimum Gasteiger partial charge on any atom is -0.494 e. The number of nitrogens with one attached hydrogen (secondary N) is 1. The maximum absolute atomic E-state index is 13.9. The van der Waals surface area contributed by atoms with Crippen molar-refractivity contribution in [1.82, 2.24) is 5.32 Å². The van der Waals surface area contributed by atoms with Crippen molar-refractivity contribution in [2.75, 3.05) is 7.11 Å². The van der Waals surface area contributed by atoms with Crippen LogP contribution in [0.1, 0.15) is 47.8 Å². The van der Waals surface area contributed by atoms with Crippen LogP contribution in [0, 0.1) is 12.7 Å². The summed E-state index contributed by atoms with van der Waals surface area (Å²) in [7, 11) is 1.39. The number of fused-ring (bicyclic) bond motifs is 1. The number of hydrogen-bond donors (Lipinski definition) is 1. The topological polar surface area (TPSA) is 47.6 Å². The lowest BCUT2D eigenvalue weighted by Crippen LogP contribution is -2.41. The average molecular weight is 343 g/mol. The highest BCUT2D eigenvalue weighted by Crippen LogP contribution is 2.40. The highest BCUT2D eigenvalue weighted by atomic mass is 19.1.